The third-order valence-electron chi connectivity index (χ3n) is 12.8. The van der Waals surface area contributed by atoms with Crippen LogP contribution < -0.4 is 9.80 Å². The van der Waals surface area contributed by atoms with Gasteiger partial charge in [0.15, 0.2) is 0 Å². The molecular formula is C60H40N4O. The van der Waals surface area contributed by atoms with Crippen molar-refractivity contribution in [3.8, 4) is 11.4 Å². The zero-order valence-corrected chi connectivity index (χ0v) is 35.3. The first kappa shape index (κ1) is 36.8. The van der Waals surface area contributed by atoms with Crippen molar-refractivity contribution in [2.75, 3.05) is 9.80 Å². The molecule has 0 aliphatic carbocycles. The Labute approximate surface area is 375 Å². The number of rotatable bonds is 8. The number of hydrogen-bond acceptors (Lipinski definition) is 3. The smallest absolute Gasteiger partial charge is 0.135 e. The minimum atomic E-state index is 0.871. The van der Waals surface area contributed by atoms with E-state index in [2.05, 4.69) is 249 Å². The highest BCUT2D eigenvalue weighted by Gasteiger charge is 2.25. The zero-order valence-electron chi connectivity index (χ0n) is 35.3. The molecule has 0 N–H and O–H groups in total. The van der Waals surface area contributed by atoms with Gasteiger partial charge in [-0.05, 0) is 126 Å². The Bertz CT molecular complexity index is 3850. The molecule has 0 atom stereocenters. The van der Waals surface area contributed by atoms with Crippen LogP contribution in [0.25, 0.3) is 76.9 Å². The third-order valence-corrected chi connectivity index (χ3v) is 12.8. The van der Waals surface area contributed by atoms with Gasteiger partial charge in [0.05, 0.1) is 11.0 Å². The minimum Gasteiger partial charge on any atom is -0.456 e. The van der Waals surface area contributed by atoms with Crippen LogP contribution in [0.15, 0.2) is 247 Å². The quantitative estimate of drug-likeness (QED) is 0.153. The number of nitrogens with zero attached hydrogens (tertiary/aromatic N) is 4. The molecular weight excluding hydrogens is 793 g/mol. The van der Waals surface area contributed by atoms with E-state index in [0.717, 1.165) is 84.1 Å². The normalized spacial score (nSPS) is 11.7. The zero-order chi connectivity index (χ0) is 42.8. The Hall–Kier alpha value is -8.80. The summed E-state index contributed by atoms with van der Waals surface area (Å²) < 4.78 is 11.2. The first-order valence-electron chi connectivity index (χ1n) is 22.1. The average Bonchev–Trinajstić information content (AvgIpc) is 4.02. The molecule has 0 bridgehead atoms. The number of fused-ring (bicyclic) bond motifs is 9. The molecule has 3 aromatic heterocycles. The molecule has 0 aliphatic heterocycles. The Morgan fingerprint density at radius 1 is 0.292 bits per heavy atom. The molecule has 13 aromatic rings. The summed E-state index contributed by atoms with van der Waals surface area (Å²) in [6.45, 7) is 0. The molecule has 0 saturated heterocycles. The van der Waals surface area contributed by atoms with Gasteiger partial charge in [0.25, 0.3) is 0 Å². The summed E-state index contributed by atoms with van der Waals surface area (Å²) in [4.78, 5) is 4.74. The van der Waals surface area contributed by atoms with E-state index in [-0.39, 0.29) is 0 Å². The summed E-state index contributed by atoms with van der Waals surface area (Å²) in [6, 6.07) is 87.0. The second-order valence-corrected chi connectivity index (χ2v) is 16.6. The van der Waals surface area contributed by atoms with Gasteiger partial charge in [-0.25, -0.2) is 0 Å². The number of furan rings is 1. The van der Waals surface area contributed by atoms with Gasteiger partial charge >= 0.3 is 0 Å². The largest absolute Gasteiger partial charge is 0.456 e. The van der Waals surface area contributed by atoms with Gasteiger partial charge in [-0.1, -0.05) is 127 Å². The molecule has 0 spiro atoms. The van der Waals surface area contributed by atoms with E-state index in [4.69, 9.17) is 4.42 Å². The molecule has 3 heterocycles. The second kappa shape index (κ2) is 14.9. The molecule has 306 valence electrons. The van der Waals surface area contributed by atoms with Gasteiger partial charge in [0.1, 0.15) is 16.8 Å². The van der Waals surface area contributed by atoms with Crippen LogP contribution in [-0.2, 0) is 0 Å². The topological polar surface area (TPSA) is 29.5 Å². The van der Waals surface area contributed by atoms with Crippen molar-refractivity contribution in [2.24, 2.45) is 0 Å². The number of anilines is 6. The highest BCUT2D eigenvalue weighted by Crippen LogP contribution is 2.47. The van der Waals surface area contributed by atoms with E-state index < -0.39 is 0 Å². The van der Waals surface area contributed by atoms with Crippen molar-refractivity contribution in [1.82, 2.24) is 9.13 Å². The van der Waals surface area contributed by atoms with Crippen molar-refractivity contribution in [3.05, 3.63) is 243 Å². The van der Waals surface area contributed by atoms with Gasteiger partial charge in [-0.2, -0.15) is 0 Å². The van der Waals surface area contributed by atoms with E-state index in [9.17, 15) is 0 Å². The molecule has 0 unspecified atom stereocenters. The second-order valence-electron chi connectivity index (χ2n) is 16.6. The van der Waals surface area contributed by atoms with Crippen molar-refractivity contribution in [2.45, 2.75) is 0 Å². The lowest BCUT2D eigenvalue weighted by Crippen LogP contribution is -2.10. The van der Waals surface area contributed by atoms with E-state index in [0.29, 0.717) is 0 Å². The van der Waals surface area contributed by atoms with Crippen molar-refractivity contribution in [3.63, 3.8) is 0 Å². The van der Waals surface area contributed by atoms with Crippen LogP contribution in [0.2, 0.25) is 0 Å². The summed E-state index contributed by atoms with van der Waals surface area (Å²) in [7, 11) is 0. The number of aromatic nitrogens is 2. The lowest BCUT2D eigenvalue weighted by Gasteiger charge is -2.26. The summed E-state index contributed by atoms with van der Waals surface area (Å²) >= 11 is 0. The Morgan fingerprint density at radius 3 is 1.49 bits per heavy atom. The molecule has 13 rings (SSSR count). The first-order chi connectivity index (χ1) is 32.2. The predicted molar refractivity (Wildman–Crippen MR) is 272 cm³/mol. The van der Waals surface area contributed by atoms with Crippen LogP contribution in [-0.4, -0.2) is 9.13 Å². The van der Waals surface area contributed by atoms with E-state index in [1.165, 1.54) is 26.9 Å². The molecule has 0 aliphatic rings. The monoisotopic (exact) mass is 832 g/mol. The molecule has 65 heavy (non-hydrogen) atoms. The molecule has 10 aromatic carbocycles. The van der Waals surface area contributed by atoms with Gasteiger partial charge in [-0.3, -0.25) is 9.13 Å². The van der Waals surface area contributed by atoms with Gasteiger partial charge in [-0.15, -0.1) is 0 Å². The fourth-order valence-corrected chi connectivity index (χ4v) is 9.95. The van der Waals surface area contributed by atoms with Crippen LogP contribution in [0, 0.1) is 0 Å². The van der Waals surface area contributed by atoms with Crippen LogP contribution in [0.4, 0.5) is 34.1 Å². The van der Waals surface area contributed by atoms with Gasteiger partial charge in [0.2, 0.25) is 0 Å². The van der Waals surface area contributed by atoms with Crippen LogP contribution in [0.5, 0.6) is 0 Å². The maximum atomic E-state index is 6.33. The van der Waals surface area contributed by atoms with E-state index in [1.54, 1.807) is 0 Å². The molecule has 0 amide bonds. The van der Waals surface area contributed by atoms with Crippen molar-refractivity contribution in [1.29, 1.82) is 0 Å². The molecule has 0 saturated carbocycles. The van der Waals surface area contributed by atoms with Crippen LogP contribution in [0.1, 0.15) is 0 Å². The number of benzene rings is 10. The standard InChI is InChI=1S/C60H40N4O/c1-5-19-43(20-6-1)61(44-21-7-2-8-22-44)48-32-35-55-54(39-48)59-52-34-31-50(40-56(52)64(46-25-11-4-12-26-46)60(59)63(55)45-23-9-3-10-24-45)62(47-30-29-41-17-13-14-18-42(41)37-47)49-33-36-58-53(38-49)51-27-15-16-28-57(51)65-58/h1-40H. The number of hydrogen-bond donors (Lipinski definition) is 0. The van der Waals surface area contributed by atoms with Gasteiger partial charge in [0, 0.05) is 72.4 Å². The van der Waals surface area contributed by atoms with Gasteiger partial charge < -0.3 is 14.2 Å². The SMILES string of the molecule is c1ccc(N(c2ccccc2)c2ccc3c(c2)c2c4ccc(N(c5ccc6ccccc6c5)c5ccc6oc7ccccc7c6c5)cc4n(-c4ccccc4)c2n3-c2ccccc2)cc1. The Kier molecular flexibility index (Phi) is 8.46. The maximum absolute atomic E-state index is 6.33. The first-order valence-corrected chi connectivity index (χ1v) is 22.1. The lowest BCUT2D eigenvalue weighted by molar-refractivity contribution is 0.669. The summed E-state index contributed by atoms with van der Waals surface area (Å²) in [5.74, 6) is 0. The average molecular weight is 833 g/mol. The Balaban J connectivity index is 1.11. The Morgan fingerprint density at radius 2 is 0.785 bits per heavy atom. The van der Waals surface area contributed by atoms with Crippen LogP contribution >= 0.6 is 0 Å². The molecule has 0 fully saturated rings. The lowest BCUT2D eigenvalue weighted by atomic mass is 10.1. The van der Waals surface area contributed by atoms with Crippen LogP contribution in [0.3, 0.4) is 0 Å². The van der Waals surface area contributed by atoms with E-state index in [1.807, 2.05) is 12.1 Å². The third kappa shape index (κ3) is 6.01. The fourth-order valence-electron chi connectivity index (χ4n) is 9.95. The van der Waals surface area contributed by atoms with Crippen molar-refractivity contribution < 1.29 is 4.42 Å². The predicted octanol–water partition coefficient (Wildman–Crippen LogP) is 16.7. The summed E-state index contributed by atoms with van der Waals surface area (Å²) in [6.07, 6.45) is 0. The highest BCUT2D eigenvalue weighted by molar-refractivity contribution is 6.23. The fraction of sp³-hybridized carbons (Fsp3) is 0. The summed E-state index contributed by atoms with van der Waals surface area (Å²) in [5, 5.41) is 8.12. The van der Waals surface area contributed by atoms with Crippen molar-refractivity contribution >= 4 is 99.7 Å². The minimum absolute atomic E-state index is 0.871. The van der Waals surface area contributed by atoms with E-state index >= 15 is 0 Å². The summed E-state index contributed by atoms with van der Waals surface area (Å²) in [5.41, 5.74) is 13.8. The molecule has 5 heteroatoms. The molecule has 0 radical (unpaired) electrons. The molecule has 5 nitrogen and oxygen atoms in total. The maximum Gasteiger partial charge on any atom is 0.135 e. The highest BCUT2D eigenvalue weighted by atomic mass is 16.3. The number of para-hydroxylation sites is 5.